The van der Waals surface area contributed by atoms with E-state index in [0.717, 1.165) is 12.3 Å². The van der Waals surface area contributed by atoms with Gasteiger partial charge in [-0.05, 0) is 23.8 Å². The highest BCUT2D eigenvalue weighted by atomic mass is 19.4. The van der Waals surface area contributed by atoms with Crippen molar-refractivity contribution in [2.75, 3.05) is 13.7 Å². The monoisotopic (exact) mass is 404 g/mol. The number of guanidine groups is 1. The van der Waals surface area contributed by atoms with Crippen LogP contribution in [0.25, 0.3) is 11.1 Å². The Kier molecular flexibility index (Phi) is 3.94. The summed E-state index contributed by atoms with van der Waals surface area (Å²) < 4.78 is 45.1. The molecule has 0 saturated heterocycles. The molecule has 1 aromatic heterocycles. The van der Waals surface area contributed by atoms with Gasteiger partial charge in [0.2, 0.25) is 0 Å². The van der Waals surface area contributed by atoms with Gasteiger partial charge in [-0.1, -0.05) is 19.9 Å². The van der Waals surface area contributed by atoms with E-state index < -0.39 is 22.7 Å². The van der Waals surface area contributed by atoms with Gasteiger partial charge in [-0.25, -0.2) is 4.99 Å². The van der Waals surface area contributed by atoms with Crippen LogP contribution in [0.5, 0.6) is 5.75 Å². The number of carbonyl (C=O) groups excluding carboxylic acids is 1. The summed E-state index contributed by atoms with van der Waals surface area (Å²) in [7, 11) is 1.54. The minimum absolute atomic E-state index is 0.0852. The molecular formula is C20H19F3N4O2. The van der Waals surface area contributed by atoms with Crippen LogP contribution < -0.4 is 10.5 Å². The van der Waals surface area contributed by atoms with Crippen LogP contribution in [0.15, 0.2) is 41.7 Å². The molecule has 152 valence electrons. The number of rotatable bonds is 1. The van der Waals surface area contributed by atoms with Gasteiger partial charge in [0.05, 0.1) is 12.2 Å². The molecule has 0 saturated carbocycles. The van der Waals surface area contributed by atoms with Crippen molar-refractivity contribution < 1.29 is 22.7 Å². The second-order valence-electron chi connectivity index (χ2n) is 7.89. The summed E-state index contributed by atoms with van der Waals surface area (Å²) in [5, 5.41) is 0. The first-order chi connectivity index (χ1) is 13.5. The maximum atomic E-state index is 13.2. The Bertz CT molecular complexity index is 1050. The lowest BCUT2D eigenvalue weighted by atomic mass is 9.66. The van der Waals surface area contributed by atoms with Crippen molar-refractivity contribution in [3.8, 4) is 16.9 Å². The molecule has 4 rings (SSSR count). The van der Waals surface area contributed by atoms with E-state index >= 15 is 0 Å². The predicted molar refractivity (Wildman–Crippen MR) is 100 cm³/mol. The van der Waals surface area contributed by atoms with Gasteiger partial charge in [0.25, 0.3) is 5.91 Å². The van der Waals surface area contributed by atoms with Crippen molar-refractivity contribution >= 4 is 11.9 Å². The van der Waals surface area contributed by atoms with Crippen molar-refractivity contribution in [1.82, 2.24) is 9.88 Å². The molecule has 3 heterocycles. The topological polar surface area (TPSA) is 80.8 Å². The maximum Gasteiger partial charge on any atom is 0.417 e. The number of ether oxygens (including phenoxy) is 1. The molecule has 1 unspecified atom stereocenters. The van der Waals surface area contributed by atoms with Gasteiger partial charge in [0, 0.05) is 36.0 Å². The molecule has 2 N–H and O–H groups in total. The molecule has 1 aromatic carbocycles. The van der Waals surface area contributed by atoms with Gasteiger partial charge >= 0.3 is 6.18 Å². The number of alkyl halides is 3. The van der Waals surface area contributed by atoms with Crippen molar-refractivity contribution in [3.63, 3.8) is 0 Å². The summed E-state index contributed by atoms with van der Waals surface area (Å²) >= 11 is 0. The summed E-state index contributed by atoms with van der Waals surface area (Å²) in [5.41, 5.74) is 4.28. The fourth-order valence-corrected chi connectivity index (χ4v) is 3.86. The number of nitrogens with two attached hydrogens (primary N) is 1. The minimum atomic E-state index is -4.51. The number of pyridine rings is 1. The van der Waals surface area contributed by atoms with Crippen LogP contribution in [0, 0.1) is 5.41 Å². The van der Waals surface area contributed by atoms with Gasteiger partial charge < -0.3 is 10.5 Å². The minimum Gasteiger partial charge on any atom is -0.493 e. The highest BCUT2D eigenvalue weighted by Crippen LogP contribution is 2.53. The zero-order valence-electron chi connectivity index (χ0n) is 16.0. The quantitative estimate of drug-likeness (QED) is 0.792. The summed E-state index contributed by atoms with van der Waals surface area (Å²) in [6.07, 6.45) is -2.39. The van der Waals surface area contributed by atoms with E-state index in [0.29, 0.717) is 16.9 Å². The maximum absolute atomic E-state index is 13.2. The van der Waals surface area contributed by atoms with Crippen LogP contribution >= 0.6 is 0 Å². The number of aliphatic imine (C=N–C) groups is 1. The lowest BCUT2D eigenvalue weighted by molar-refractivity contribution is -0.138. The molecule has 2 aromatic rings. The first kappa shape index (κ1) is 19.2. The Morgan fingerprint density at radius 2 is 1.90 bits per heavy atom. The molecule has 0 bridgehead atoms. The molecule has 2 aliphatic heterocycles. The van der Waals surface area contributed by atoms with Crippen LogP contribution in [-0.4, -0.2) is 35.4 Å². The molecule has 0 fully saturated rings. The summed E-state index contributed by atoms with van der Waals surface area (Å²) in [4.78, 5) is 22.8. The van der Waals surface area contributed by atoms with Gasteiger partial charge in [0.15, 0.2) is 11.5 Å². The van der Waals surface area contributed by atoms with Gasteiger partial charge in [-0.3, -0.25) is 14.7 Å². The van der Waals surface area contributed by atoms with Crippen LogP contribution in [0.1, 0.15) is 25.0 Å². The highest BCUT2D eigenvalue weighted by Gasteiger charge is 2.61. The number of nitrogens with zero attached hydrogens (tertiary/aromatic N) is 3. The summed E-state index contributed by atoms with van der Waals surface area (Å²) in [6.45, 7) is 3.94. The van der Waals surface area contributed by atoms with E-state index in [1.807, 2.05) is 13.8 Å². The Morgan fingerprint density at radius 1 is 1.17 bits per heavy atom. The molecule has 0 aliphatic carbocycles. The van der Waals surface area contributed by atoms with Crippen LogP contribution in [-0.2, 0) is 16.5 Å². The van der Waals surface area contributed by atoms with Crippen molar-refractivity contribution in [1.29, 1.82) is 0 Å². The van der Waals surface area contributed by atoms with E-state index in [4.69, 9.17) is 10.5 Å². The molecule has 6 nitrogen and oxygen atoms in total. The molecule has 1 spiro atoms. The average molecular weight is 404 g/mol. The third kappa shape index (κ3) is 2.67. The molecule has 1 amide bonds. The van der Waals surface area contributed by atoms with E-state index in [-0.39, 0.29) is 24.0 Å². The second kappa shape index (κ2) is 5.95. The number of hydrogen-bond acceptors (Lipinski definition) is 5. The zero-order valence-corrected chi connectivity index (χ0v) is 16.0. The number of carbonyl (C=O) groups is 1. The summed E-state index contributed by atoms with van der Waals surface area (Å²) in [6, 6.07) is 5.94. The van der Waals surface area contributed by atoms with Gasteiger partial charge in [-0.2, -0.15) is 13.2 Å². The summed E-state index contributed by atoms with van der Waals surface area (Å²) in [5.74, 6) is 0.235. The smallest absolute Gasteiger partial charge is 0.417 e. The van der Waals surface area contributed by atoms with Crippen molar-refractivity contribution in [2.45, 2.75) is 25.6 Å². The largest absolute Gasteiger partial charge is 0.493 e. The van der Waals surface area contributed by atoms with Crippen LogP contribution in [0.2, 0.25) is 0 Å². The molecule has 29 heavy (non-hydrogen) atoms. The molecular weight excluding hydrogens is 385 g/mol. The number of likely N-dealkylation sites (N-methyl/N-ethyl adjacent to an activating group) is 1. The SMILES string of the molecule is CN1C(=O)C2(N=C1N)c1cc(-c3cncc(C(F)(F)F)c3)ccc1OCC2(C)C. The van der Waals surface area contributed by atoms with Crippen LogP contribution in [0.3, 0.4) is 0 Å². The van der Waals surface area contributed by atoms with Crippen molar-refractivity contribution in [3.05, 3.63) is 47.8 Å². The Hall–Kier alpha value is -3.10. The van der Waals surface area contributed by atoms with Gasteiger partial charge in [0.1, 0.15) is 5.75 Å². The average Bonchev–Trinajstić information content (AvgIpc) is 2.90. The number of hydrogen-bond donors (Lipinski definition) is 1. The second-order valence-corrected chi connectivity index (χ2v) is 7.89. The van der Waals surface area contributed by atoms with Gasteiger partial charge in [-0.15, -0.1) is 0 Å². The van der Waals surface area contributed by atoms with Crippen molar-refractivity contribution in [2.24, 2.45) is 16.1 Å². The number of halogens is 3. The Balaban J connectivity index is 1.92. The normalized spacial score (nSPS) is 23.0. The zero-order chi connectivity index (χ0) is 21.2. The van der Waals surface area contributed by atoms with E-state index in [1.165, 1.54) is 11.1 Å². The molecule has 2 aliphatic rings. The lowest BCUT2D eigenvalue weighted by Crippen LogP contribution is -2.53. The van der Waals surface area contributed by atoms with E-state index in [2.05, 4.69) is 9.98 Å². The number of benzene rings is 1. The first-order valence-electron chi connectivity index (χ1n) is 8.91. The highest BCUT2D eigenvalue weighted by molar-refractivity contribution is 6.08. The van der Waals surface area contributed by atoms with E-state index in [9.17, 15) is 18.0 Å². The Labute approximate surface area is 165 Å². The number of fused-ring (bicyclic) bond motifs is 2. The predicted octanol–water partition coefficient (Wildman–Crippen LogP) is 3.17. The number of aromatic nitrogens is 1. The fourth-order valence-electron chi connectivity index (χ4n) is 3.86. The molecule has 0 radical (unpaired) electrons. The first-order valence-corrected chi connectivity index (χ1v) is 8.91. The standard InChI is InChI=1S/C20H19F3N4O2/c1-18(2)10-29-15-5-4-11(12-6-13(9-25-8-12)20(21,22)23)7-14(15)19(18)16(28)27(3)17(24)26-19/h4-9H,10H2,1-3H3,(H2,24,26). The fraction of sp³-hybridized carbons (Fsp3) is 0.350. The van der Waals surface area contributed by atoms with Crippen LogP contribution in [0.4, 0.5) is 13.2 Å². The molecule has 1 atom stereocenters. The van der Waals surface area contributed by atoms with E-state index in [1.54, 1.807) is 25.2 Å². The third-order valence-corrected chi connectivity index (χ3v) is 5.58. The molecule has 9 heteroatoms. The lowest BCUT2D eigenvalue weighted by Gasteiger charge is -2.44. The Morgan fingerprint density at radius 3 is 2.52 bits per heavy atom. The number of amides is 1. The third-order valence-electron chi connectivity index (χ3n) is 5.58.